The Morgan fingerprint density at radius 3 is 3.14 bits per heavy atom. The molecule has 2 aromatic heterocycles. The van der Waals surface area contributed by atoms with Crippen molar-refractivity contribution in [2.24, 2.45) is 0 Å². The standard InChI is InChI=1S/C15H18N4O2S/c1-10-17-18-15(22-10)19-9-13(14-12(19)5-3-7-20-14)21-11-4-2-6-16-8-11/h2,4,6,8,12-14H,3,5,7,9H2,1H3/t12-,13+,14+/m0/s1. The van der Waals surface area contributed by atoms with Gasteiger partial charge in [0.25, 0.3) is 0 Å². The summed E-state index contributed by atoms with van der Waals surface area (Å²) in [4.78, 5) is 6.41. The molecule has 7 heteroatoms. The highest BCUT2D eigenvalue weighted by atomic mass is 32.1. The van der Waals surface area contributed by atoms with Gasteiger partial charge in [-0.1, -0.05) is 11.3 Å². The van der Waals surface area contributed by atoms with Gasteiger partial charge in [0.1, 0.15) is 23.0 Å². The van der Waals surface area contributed by atoms with E-state index >= 15 is 0 Å². The molecule has 0 unspecified atom stereocenters. The Labute approximate surface area is 133 Å². The lowest BCUT2D eigenvalue weighted by Crippen LogP contribution is -2.42. The van der Waals surface area contributed by atoms with Crippen molar-refractivity contribution < 1.29 is 9.47 Å². The molecule has 0 radical (unpaired) electrons. The molecule has 3 atom stereocenters. The monoisotopic (exact) mass is 318 g/mol. The van der Waals surface area contributed by atoms with Crippen LogP contribution in [0.1, 0.15) is 17.8 Å². The first-order chi connectivity index (χ1) is 10.8. The molecule has 0 aromatic carbocycles. The first kappa shape index (κ1) is 13.9. The first-order valence-electron chi connectivity index (χ1n) is 7.56. The number of hydrogen-bond acceptors (Lipinski definition) is 7. The Morgan fingerprint density at radius 2 is 2.36 bits per heavy atom. The van der Waals surface area contributed by atoms with Crippen LogP contribution >= 0.6 is 11.3 Å². The summed E-state index contributed by atoms with van der Waals surface area (Å²) < 4.78 is 12.1. The lowest BCUT2D eigenvalue weighted by molar-refractivity contribution is -0.0362. The number of anilines is 1. The zero-order chi connectivity index (χ0) is 14.9. The van der Waals surface area contributed by atoms with E-state index in [2.05, 4.69) is 20.1 Å². The summed E-state index contributed by atoms with van der Waals surface area (Å²) >= 11 is 1.63. The Bertz CT molecular complexity index is 635. The van der Waals surface area contributed by atoms with E-state index in [0.717, 1.165) is 41.9 Å². The zero-order valence-corrected chi connectivity index (χ0v) is 13.2. The summed E-state index contributed by atoms with van der Waals surface area (Å²) in [6, 6.07) is 4.14. The van der Waals surface area contributed by atoms with Crippen molar-refractivity contribution >= 4 is 16.5 Å². The molecule has 6 nitrogen and oxygen atoms in total. The van der Waals surface area contributed by atoms with Crippen LogP contribution in [0, 0.1) is 6.92 Å². The van der Waals surface area contributed by atoms with E-state index in [1.165, 1.54) is 0 Å². The molecule has 2 saturated heterocycles. The van der Waals surface area contributed by atoms with Crippen molar-refractivity contribution in [2.45, 2.75) is 38.0 Å². The number of pyridine rings is 1. The predicted octanol–water partition coefficient (Wildman–Crippen LogP) is 2.06. The van der Waals surface area contributed by atoms with Crippen LogP contribution in [0.2, 0.25) is 0 Å². The summed E-state index contributed by atoms with van der Waals surface area (Å²) in [7, 11) is 0. The van der Waals surface area contributed by atoms with Gasteiger partial charge in [0.2, 0.25) is 5.13 Å². The Kier molecular flexibility index (Phi) is 3.67. The van der Waals surface area contributed by atoms with Gasteiger partial charge >= 0.3 is 0 Å². The van der Waals surface area contributed by atoms with Crippen LogP contribution in [0.3, 0.4) is 0 Å². The molecule has 0 N–H and O–H groups in total. The van der Waals surface area contributed by atoms with Crippen molar-refractivity contribution in [3.63, 3.8) is 0 Å². The number of aromatic nitrogens is 3. The number of fused-ring (bicyclic) bond motifs is 1. The van der Waals surface area contributed by atoms with Crippen molar-refractivity contribution in [1.82, 2.24) is 15.2 Å². The van der Waals surface area contributed by atoms with Crippen molar-refractivity contribution in [2.75, 3.05) is 18.1 Å². The van der Waals surface area contributed by atoms with Crippen LogP contribution in [0.15, 0.2) is 24.5 Å². The molecular formula is C15H18N4O2S. The van der Waals surface area contributed by atoms with E-state index in [4.69, 9.17) is 9.47 Å². The smallest absolute Gasteiger partial charge is 0.208 e. The third-order valence-corrected chi connectivity index (χ3v) is 5.04. The second-order valence-corrected chi connectivity index (χ2v) is 6.81. The molecule has 22 heavy (non-hydrogen) atoms. The molecule has 116 valence electrons. The van der Waals surface area contributed by atoms with Gasteiger partial charge in [0.15, 0.2) is 0 Å². The summed E-state index contributed by atoms with van der Waals surface area (Å²) in [6.07, 6.45) is 5.76. The molecule has 0 bridgehead atoms. The van der Waals surface area contributed by atoms with Gasteiger partial charge in [-0.15, -0.1) is 10.2 Å². The lowest BCUT2D eigenvalue weighted by Gasteiger charge is -2.31. The number of rotatable bonds is 3. The van der Waals surface area contributed by atoms with Crippen molar-refractivity contribution in [3.05, 3.63) is 29.5 Å². The van der Waals surface area contributed by atoms with Crippen LogP contribution < -0.4 is 9.64 Å². The third kappa shape index (κ3) is 2.55. The quantitative estimate of drug-likeness (QED) is 0.863. The maximum atomic E-state index is 6.13. The minimum atomic E-state index is -0.00120. The largest absolute Gasteiger partial charge is 0.484 e. The van der Waals surface area contributed by atoms with Crippen molar-refractivity contribution in [1.29, 1.82) is 0 Å². The van der Waals surface area contributed by atoms with E-state index in [-0.39, 0.29) is 12.2 Å². The first-order valence-corrected chi connectivity index (χ1v) is 8.38. The molecular weight excluding hydrogens is 300 g/mol. The predicted molar refractivity (Wildman–Crippen MR) is 83.4 cm³/mol. The number of aryl methyl sites for hydroxylation is 1. The van der Waals surface area contributed by atoms with E-state index in [9.17, 15) is 0 Å². The van der Waals surface area contributed by atoms with E-state index in [1.807, 2.05) is 19.1 Å². The van der Waals surface area contributed by atoms with Crippen LogP contribution in [0.5, 0.6) is 5.75 Å². The van der Waals surface area contributed by atoms with Crippen LogP contribution in [0.4, 0.5) is 5.13 Å². The molecule has 2 aliphatic rings. The summed E-state index contributed by atoms with van der Waals surface area (Å²) in [5, 5.41) is 10.4. The van der Waals surface area contributed by atoms with Gasteiger partial charge in [0.05, 0.1) is 18.8 Å². The molecule has 2 aromatic rings. The van der Waals surface area contributed by atoms with Gasteiger partial charge in [-0.25, -0.2) is 0 Å². The topological polar surface area (TPSA) is 60.4 Å². The Balaban J connectivity index is 1.57. The van der Waals surface area contributed by atoms with Gasteiger partial charge in [0, 0.05) is 12.8 Å². The molecule has 4 heterocycles. The fourth-order valence-corrected chi connectivity index (χ4v) is 3.98. The van der Waals surface area contributed by atoms with Gasteiger partial charge in [-0.3, -0.25) is 4.98 Å². The molecule has 0 spiro atoms. The Morgan fingerprint density at radius 1 is 1.41 bits per heavy atom. The number of ether oxygens (including phenoxy) is 2. The Hall–Kier alpha value is -1.73. The van der Waals surface area contributed by atoms with Gasteiger partial charge in [-0.05, 0) is 31.9 Å². The van der Waals surface area contributed by atoms with Crippen LogP contribution in [-0.4, -0.2) is 46.6 Å². The minimum absolute atomic E-state index is 0.00120. The summed E-state index contributed by atoms with van der Waals surface area (Å²) in [5.41, 5.74) is 0. The van der Waals surface area contributed by atoms with E-state index < -0.39 is 0 Å². The van der Waals surface area contributed by atoms with E-state index in [1.54, 1.807) is 23.7 Å². The highest BCUT2D eigenvalue weighted by Gasteiger charge is 2.46. The summed E-state index contributed by atoms with van der Waals surface area (Å²) in [5.74, 6) is 0.788. The molecule has 0 amide bonds. The normalized spacial score (nSPS) is 27.7. The maximum Gasteiger partial charge on any atom is 0.208 e. The highest BCUT2D eigenvalue weighted by Crippen LogP contribution is 2.35. The molecule has 0 saturated carbocycles. The average molecular weight is 318 g/mol. The third-order valence-electron chi connectivity index (χ3n) is 4.16. The average Bonchev–Trinajstić information content (AvgIpc) is 3.13. The molecule has 0 aliphatic carbocycles. The number of nitrogens with zero attached hydrogens (tertiary/aromatic N) is 4. The van der Waals surface area contributed by atoms with Crippen LogP contribution in [-0.2, 0) is 4.74 Å². The minimum Gasteiger partial charge on any atom is -0.484 e. The zero-order valence-electron chi connectivity index (χ0n) is 12.4. The molecule has 4 rings (SSSR count). The van der Waals surface area contributed by atoms with Gasteiger partial charge in [-0.2, -0.15) is 0 Å². The number of hydrogen-bond donors (Lipinski definition) is 0. The molecule has 2 aliphatic heterocycles. The fourth-order valence-electron chi connectivity index (χ4n) is 3.23. The molecule has 2 fully saturated rings. The summed E-state index contributed by atoms with van der Waals surface area (Å²) in [6.45, 7) is 3.56. The highest BCUT2D eigenvalue weighted by molar-refractivity contribution is 7.15. The fraction of sp³-hybridized carbons (Fsp3) is 0.533. The second kappa shape index (κ2) is 5.81. The van der Waals surface area contributed by atoms with E-state index in [0.29, 0.717) is 6.04 Å². The SMILES string of the molecule is Cc1nnc(N2C[C@@H](Oc3cccnc3)[C@@H]3OCCC[C@@H]32)s1. The second-order valence-electron chi connectivity index (χ2n) is 5.65. The van der Waals surface area contributed by atoms with Crippen LogP contribution in [0.25, 0.3) is 0 Å². The van der Waals surface area contributed by atoms with Crippen molar-refractivity contribution in [3.8, 4) is 5.75 Å². The van der Waals surface area contributed by atoms with Gasteiger partial charge < -0.3 is 14.4 Å². The lowest BCUT2D eigenvalue weighted by atomic mass is 10.0. The maximum absolute atomic E-state index is 6.13.